The summed E-state index contributed by atoms with van der Waals surface area (Å²) in [4.78, 5) is 37.7. The van der Waals surface area contributed by atoms with Crippen LogP contribution in [0.15, 0.2) is 85.1 Å². The van der Waals surface area contributed by atoms with E-state index in [1.165, 1.54) is 167 Å². The lowest BCUT2D eigenvalue weighted by molar-refractivity contribution is -0.870. The van der Waals surface area contributed by atoms with Crippen LogP contribution in [0.25, 0.3) is 0 Å². The minimum Gasteiger partial charge on any atom is -0.456 e. The number of esters is 1. The zero-order chi connectivity index (χ0) is 57.2. The van der Waals surface area contributed by atoms with Gasteiger partial charge in [-0.05, 0) is 70.3 Å². The minimum absolute atomic E-state index is 0.0247. The maximum absolute atomic E-state index is 13.5. The van der Waals surface area contributed by atoms with Gasteiger partial charge in [-0.15, -0.1) is 0 Å². The second-order valence-electron chi connectivity index (χ2n) is 22.9. The van der Waals surface area contributed by atoms with Crippen LogP contribution in [-0.2, 0) is 27.9 Å². The summed E-state index contributed by atoms with van der Waals surface area (Å²) in [6.07, 6.45) is 76.1. The summed E-state index contributed by atoms with van der Waals surface area (Å²) in [6, 6.07) is -0.891. The summed E-state index contributed by atoms with van der Waals surface area (Å²) in [5, 5.41) is 3.01. The van der Waals surface area contributed by atoms with Crippen LogP contribution in [0.5, 0.6) is 0 Å². The highest BCUT2D eigenvalue weighted by Crippen LogP contribution is 2.43. The fourth-order valence-corrected chi connectivity index (χ4v) is 9.88. The second-order valence-corrected chi connectivity index (χ2v) is 24.4. The van der Waals surface area contributed by atoms with E-state index in [0.717, 1.165) is 77.0 Å². The van der Waals surface area contributed by atoms with E-state index in [2.05, 4.69) is 92.9 Å². The van der Waals surface area contributed by atoms with E-state index in [0.29, 0.717) is 17.4 Å². The molecule has 452 valence electrons. The van der Waals surface area contributed by atoms with E-state index in [1.807, 2.05) is 39.4 Å². The number of hydrogen-bond donors (Lipinski definition) is 2. The molecule has 3 unspecified atom stereocenters. The third kappa shape index (κ3) is 57.9. The number of quaternary nitrogens is 1. The summed E-state index contributed by atoms with van der Waals surface area (Å²) in [7, 11) is 1.45. The van der Waals surface area contributed by atoms with Crippen LogP contribution >= 0.6 is 7.82 Å². The van der Waals surface area contributed by atoms with Crippen molar-refractivity contribution in [3.05, 3.63) is 85.1 Å². The summed E-state index contributed by atoms with van der Waals surface area (Å²) in [5.41, 5.74) is 0. The Balaban J connectivity index is 5.28. The van der Waals surface area contributed by atoms with Gasteiger partial charge in [-0.1, -0.05) is 286 Å². The molecule has 2 N–H and O–H groups in total. The van der Waals surface area contributed by atoms with Gasteiger partial charge in [-0.25, -0.2) is 4.57 Å². The number of hydrogen-bond acceptors (Lipinski definition) is 6. The van der Waals surface area contributed by atoms with Crippen LogP contribution in [-0.4, -0.2) is 74.3 Å². The first-order valence-corrected chi connectivity index (χ1v) is 33.9. The number of carbonyl (C=O) groups is 2. The summed E-state index contributed by atoms with van der Waals surface area (Å²) >= 11 is 0. The molecule has 0 aliphatic carbocycles. The quantitative estimate of drug-likeness (QED) is 0.0205. The summed E-state index contributed by atoms with van der Waals surface area (Å²) in [6.45, 7) is 6.86. The van der Waals surface area contributed by atoms with Crippen LogP contribution in [0.1, 0.15) is 284 Å². The first-order valence-electron chi connectivity index (χ1n) is 32.4. The second kappa shape index (κ2) is 57.4. The van der Waals surface area contributed by atoms with Crippen molar-refractivity contribution in [2.45, 2.75) is 296 Å². The van der Waals surface area contributed by atoms with E-state index in [4.69, 9.17) is 13.8 Å². The lowest BCUT2D eigenvalue weighted by atomic mass is 10.0. The number of allylic oxidation sites excluding steroid dienone is 13. The van der Waals surface area contributed by atoms with Gasteiger partial charge in [0.25, 0.3) is 0 Å². The third-order valence-corrected chi connectivity index (χ3v) is 15.1. The molecule has 0 fully saturated rings. The van der Waals surface area contributed by atoms with Gasteiger partial charge in [0.1, 0.15) is 19.3 Å². The highest BCUT2D eigenvalue weighted by atomic mass is 31.2. The molecular formula is C68H124N2O7P+. The SMILES string of the molecule is CC/C=C\C/C=C\C/C=C\C/C=C\C/C=C\C/C=C\CCC(=O)NC(COP(=O)(O)OCC[N+](C)(C)C)C(/C=C/CCCCCCCCCCCC)OC(=O)CCCCCCCCCCCCCCCCCCCCCCC. The highest BCUT2D eigenvalue weighted by molar-refractivity contribution is 7.47. The molecule has 0 spiro atoms. The third-order valence-electron chi connectivity index (χ3n) is 14.1. The molecule has 0 aromatic rings. The number of carbonyl (C=O) groups excluding carboxylic acids is 2. The number of phosphoric ester groups is 1. The molecule has 10 heteroatoms. The van der Waals surface area contributed by atoms with Crippen molar-refractivity contribution in [3.8, 4) is 0 Å². The molecule has 0 saturated heterocycles. The first-order chi connectivity index (χ1) is 37.9. The summed E-state index contributed by atoms with van der Waals surface area (Å²) < 4.78 is 30.7. The maximum atomic E-state index is 13.5. The molecule has 0 saturated carbocycles. The number of amides is 1. The van der Waals surface area contributed by atoms with Gasteiger partial charge >= 0.3 is 13.8 Å². The fraction of sp³-hybridized carbons (Fsp3) is 0.765. The van der Waals surface area contributed by atoms with Gasteiger partial charge in [0, 0.05) is 12.8 Å². The van der Waals surface area contributed by atoms with E-state index >= 15 is 0 Å². The number of rotatable bonds is 58. The van der Waals surface area contributed by atoms with E-state index in [1.54, 1.807) is 0 Å². The maximum Gasteiger partial charge on any atom is 0.472 e. The van der Waals surface area contributed by atoms with Gasteiger partial charge in [-0.3, -0.25) is 18.6 Å². The molecule has 0 bridgehead atoms. The highest BCUT2D eigenvalue weighted by Gasteiger charge is 2.30. The van der Waals surface area contributed by atoms with Gasteiger partial charge in [0.15, 0.2) is 0 Å². The number of ether oxygens (including phenoxy) is 1. The topological polar surface area (TPSA) is 111 Å². The van der Waals surface area contributed by atoms with E-state index in [-0.39, 0.29) is 37.9 Å². The normalized spacial score (nSPS) is 14.2. The average molecular weight is 1110 g/mol. The Labute approximate surface area is 482 Å². The van der Waals surface area contributed by atoms with Gasteiger partial charge < -0.3 is 19.4 Å². The summed E-state index contributed by atoms with van der Waals surface area (Å²) in [5.74, 6) is -0.597. The minimum atomic E-state index is -4.47. The smallest absolute Gasteiger partial charge is 0.456 e. The number of phosphoric acid groups is 1. The van der Waals surface area contributed by atoms with E-state index < -0.39 is 20.0 Å². The Morgan fingerprint density at radius 2 is 0.833 bits per heavy atom. The molecule has 1 amide bonds. The average Bonchev–Trinajstić information content (AvgIpc) is 3.40. The Kier molecular flexibility index (Phi) is 55.4. The van der Waals surface area contributed by atoms with Crippen molar-refractivity contribution >= 4 is 19.7 Å². The standard InChI is InChI=1S/C68H123N2O7P/c1-7-10-13-16-19-22-25-28-30-32-34-35-37-39-41-43-46-49-52-55-58-61-68(72)77-66(59-56-53-50-47-44-27-24-21-18-15-12-9-3)65(64-76-78(73,74)75-63-62-70(4,5)6)69-67(71)60-57-54-51-48-45-42-40-38-36-33-31-29-26-23-20-17-14-11-8-2/h11,14,20,23,29,31,36,38,42,45,51,54,56,59,65-66H,7-10,12-13,15-19,21-22,24-28,30,32-35,37,39-41,43-44,46-50,52-53,55,57-58,60-64H2,1-6H3,(H-,69,71,73,74)/p+1/b14-11-,23-20-,31-29-,38-36-,45-42-,54-51-,59-56+. The van der Waals surface area contributed by atoms with Crippen LogP contribution < -0.4 is 5.32 Å². The molecule has 0 aliphatic heterocycles. The van der Waals surface area contributed by atoms with Crippen molar-refractivity contribution < 1.29 is 37.3 Å². The number of likely N-dealkylation sites (N-methyl/N-ethyl adjacent to an activating group) is 1. The molecule has 9 nitrogen and oxygen atoms in total. The lowest BCUT2D eigenvalue weighted by Gasteiger charge is -2.27. The zero-order valence-corrected chi connectivity index (χ0v) is 52.5. The molecule has 0 heterocycles. The Morgan fingerprint density at radius 1 is 0.462 bits per heavy atom. The van der Waals surface area contributed by atoms with Crippen LogP contribution in [0.2, 0.25) is 0 Å². The lowest BCUT2D eigenvalue weighted by Crippen LogP contribution is -2.47. The van der Waals surface area contributed by atoms with Gasteiger partial charge in [0.05, 0.1) is 33.8 Å². The van der Waals surface area contributed by atoms with Crippen molar-refractivity contribution in [2.24, 2.45) is 0 Å². The largest absolute Gasteiger partial charge is 0.472 e. The van der Waals surface area contributed by atoms with Crippen LogP contribution in [0.3, 0.4) is 0 Å². The zero-order valence-electron chi connectivity index (χ0n) is 51.6. The Morgan fingerprint density at radius 3 is 1.23 bits per heavy atom. The van der Waals surface area contributed by atoms with Gasteiger partial charge in [0.2, 0.25) is 5.91 Å². The molecule has 0 aromatic carbocycles. The fourth-order valence-electron chi connectivity index (χ4n) is 9.14. The Bertz CT molecular complexity index is 1610. The number of unbranched alkanes of at least 4 members (excludes halogenated alkanes) is 30. The predicted octanol–water partition coefficient (Wildman–Crippen LogP) is 20.2. The Hall–Kier alpha value is -2.81. The molecule has 3 atom stereocenters. The van der Waals surface area contributed by atoms with Crippen molar-refractivity contribution in [3.63, 3.8) is 0 Å². The molecule has 0 aliphatic rings. The van der Waals surface area contributed by atoms with Crippen LogP contribution in [0.4, 0.5) is 0 Å². The van der Waals surface area contributed by atoms with Crippen LogP contribution in [0, 0.1) is 0 Å². The first kappa shape index (κ1) is 75.2. The predicted molar refractivity (Wildman–Crippen MR) is 337 cm³/mol. The van der Waals surface area contributed by atoms with Gasteiger partial charge in [-0.2, -0.15) is 0 Å². The van der Waals surface area contributed by atoms with Crippen molar-refractivity contribution in [2.75, 3.05) is 40.9 Å². The molecule has 0 radical (unpaired) electrons. The van der Waals surface area contributed by atoms with E-state index in [9.17, 15) is 19.0 Å². The van der Waals surface area contributed by atoms with Crippen molar-refractivity contribution in [1.29, 1.82) is 0 Å². The number of nitrogens with zero attached hydrogens (tertiary/aromatic N) is 1. The molecule has 0 rings (SSSR count). The van der Waals surface area contributed by atoms with Crippen molar-refractivity contribution in [1.82, 2.24) is 5.32 Å². The number of nitrogens with one attached hydrogen (secondary N) is 1. The molecular weight excluding hydrogens is 988 g/mol. The molecule has 0 aromatic heterocycles. The monoisotopic (exact) mass is 1110 g/mol. The molecule has 78 heavy (non-hydrogen) atoms.